The number of anilines is 1. The predicted octanol–water partition coefficient (Wildman–Crippen LogP) is -1.43. The van der Waals surface area contributed by atoms with E-state index in [-0.39, 0.29) is 5.95 Å². The molecule has 1 amide bonds. The first-order valence-corrected chi connectivity index (χ1v) is 2.63. The number of ether oxygens (including phenoxy) is 1. The maximum Gasteiger partial charge on any atom is 0.427 e. The summed E-state index contributed by atoms with van der Waals surface area (Å²) in [5.41, 5.74) is 7.33. The molecule has 0 unspecified atom stereocenters. The van der Waals surface area contributed by atoms with Crippen molar-refractivity contribution >= 4 is 12.0 Å². The summed E-state index contributed by atoms with van der Waals surface area (Å²) in [7, 11) is 1.22. The Morgan fingerprint density at radius 3 is 3.00 bits per heavy atom. The van der Waals surface area contributed by atoms with Crippen LogP contribution in [0.1, 0.15) is 0 Å². The van der Waals surface area contributed by atoms with Gasteiger partial charge in [-0.25, -0.2) is 10.2 Å². The first-order chi connectivity index (χ1) is 5.24. The minimum absolute atomic E-state index is 0.0181. The fourth-order valence-corrected chi connectivity index (χ4v) is 0.406. The first-order valence-electron chi connectivity index (χ1n) is 2.63. The SMILES string of the molecule is COC(=O)Nn1nnnc1N. The smallest absolute Gasteiger partial charge is 0.427 e. The van der Waals surface area contributed by atoms with E-state index in [4.69, 9.17) is 5.73 Å². The Labute approximate surface area is 61.3 Å². The van der Waals surface area contributed by atoms with E-state index in [1.807, 2.05) is 0 Å². The Hall–Kier alpha value is -1.86. The van der Waals surface area contributed by atoms with E-state index in [1.165, 1.54) is 7.11 Å². The van der Waals surface area contributed by atoms with E-state index in [0.29, 0.717) is 0 Å². The molecule has 1 heterocycles. The van der Waals surface area contributed by atoms with Crippen LogP contribution < -0.4 is 11.2 Å². The van der Waals surface area contributed by atoms with Gasteiger partial charge in [-0.1, -0.05) is 5.10 Å². The summed E-state index contributed by atoms with van der Waals surface area (Å²) in [6, 6.07) is 0. The Morgan fingerprint density at radius 2 is 2.55 bits per heavy atom. The van der Waals surface area contributed by atoms with Gasteiger partial charge >= 0.3 is 6.09 Å². The van der Waals surface area contributed by atoms with Gasteiger partial charge in [-0.05, 0) is 10.4 Å². The molecule has 0 spiro atoms. The van der Waals surface area contributed by atoms with Gasteiger partial charge in [-0.15, -0.1) is 4.79 Å². The van der Waals surface area contributed by atoms with Gasteiger partial charge in [-0.2, -0.15) is 0 Å². The van der Waals surface area contributed by atoms with E-state index < -0.39 is 6.09 Å². The van der Waals surface area contributed by atoms with Crippen molar-refractivity contribution < 1.29 is 9.53 Å². The van der Waals surface area contributed by atoms with Crippen LogP contribution in [0.15, 0.2) is 0 Å². The maximum absolute atomic E-state index is 10.5. The topological polar surface area (TPSA) is 108 Å². The number of nitrogens with one attached hydrogen (secondary N) is 1. The summed E-state index contributed by atoms with van der Waals surface area (Å²) < 4.78 is 4.26. The second-order valence-electron chi connectivity index (χ2n) is 1.55. The van der Waals surface area contributed by atoms with Crippen molar-refractivity contribution in [1.82, 2.24) is 20.3 Å². The lowest BCUT2D eigenvalue weighted by atomic mass is 11.1. The minimum atomic E-state index is -0.691. The monoisotopic (exact) mass is 158 g/mol. The Kier molecular flexibility index (Phi) is 1.86. The molecule has 11 heavy (non-hydrogen) atoms. The zero-order valence-corrected chi connectivity index (χ0v) is 5.68. The number of tetrazole rings is 1. The summed E-state index contributed by atoms with van der Waals surface area (Å²) in [6.07, 6.45) is -0.691. The van der Waals surface area contributed by atoms with Crippen LogP contribution in [-0.2, 0) is 4.74 Å². The summed E-state index contributed by atoms with van der Waals surface area (Å²) in [4.78, 5) is 11.4. The van der Waals surface area contributed by atoms with Gasteiger partial charge in [-0.3, -0.25) is 0 Å². The zero-order valence-electron chi connectivity index (χ0n) is 5.68. The number of nitrogens with zero attached hydrogens (tertiary/aromatic N) is 4. The van der Waals surface area contributed by atoms with E-state index in [2.05, 4.69) is 25.7 Å². The van der Waals surface area contributed by atoms with E-state index in [9.17, 15) is 4.79 Å². The molecule has 60 valence electrons. The zero-order chi connectivity index (χ0) is 8.27. The second-order valence-corrected chi connectivity index (χ2v) is 1.55. The fourth-order valence-electron chi connectivity index (χ4n) is 0.406. The van der Waals surface area contributed by atoms with E-state index in [0.717, 1.165) is 4.79 Å². The van der Waals surface area contributed by atoms with Crippen LogP contribution in [0.3, 0.4) is 0 Å². The molecule has 0 fully saturated rings. The Bertz CT molecular complexity index is 256. The van der Waals surface area contributed by atoms with Crippen molar-refractivity contribution in [1.29, 1.82) is 0 Å². The normalized spacial score (nSPS) is 9.18. The summed E-state index contributed by atoms with van der Waals surface area (Å²) in [5, 5.41) is 9.81. The van der Waals surface area contributed by atoms with Crippen LogP contribution in [0.25, 0.3) is 0 Å². The van der Waals surface area contributed by atoms with Gasteiger partial charge in [0.1, 0.15) is 0 Å². The molecule has 8 nitrogen and oxygen atoms in total. The highest BCUT2D eigenvalue weighted by Gasteiger charge is 2.03. The van der Waals surface area contributed by atoms with Crippen molar-refractivity contribution in [2.75, 3.05) is 18.3 Å². The van der Waals surface area contributed by atoms with Crippen LogP contribution in [0.2, 0.25) is 0 Å². The lowest BCUT2D eigenvalue weighted by Crippen LogP contribution is -2.25. The molecular formula is C3H6N6O2. The molecule has 0 aliphatic carbocycles. The number of methoxy groups -OCH3 is 1. The molecule has 0 aliphatic rings. The third-order valence-corrected chi connectivity index (χ3v) is 0.876. The number of carbonyl (C=O) groups is 1. The number of rotatable bonds is 1. The van der Waals surface area contributed by atoms with E-state index >= 15 is 0 Å². The Morgan fingerprint density at radius 1 is 1.82 bits per heavy atom. The van der Waals surface area contributed by atoms with Gasteiger partial charge in [0.05, 0.1) is 7.11 Å². The van der Waals surface area contributed by atoms with Gasteiger partial charge in [0, 0.05) is 0 Å². The van der Waals surface area contributed by atoms with E-state index in [1.54, 1.807) is 0 Å². The van der Waals surface area contributed by atoms with Crippen molar-refractivity contribution in [3.8, 4) is 0 Å². The van der Waals surface area contributed by atoms with Gasteiger partial charge in [0.25, 0.3) is 5.95 Å². The van der Waals surface area contributed by atoms with Crippen LogP contribution >= 0.6 is 0 Å². The number of hydrogen-bond donors (Lipinski definition) is 2. The van der Waals surface area contributed by atoms with Crippen LogP contribution in [0.5, 0.6) is 0 Å². The molecule has 1 rings (SSSR count). The standard InChI is InChI=1S/C3H6N6O2/c1-11-3(10)6-9-2(4)5-7-8-9/h1H3,(H,6,10)(H2,4,5,8). The van der Waals surface area contributed by atoms with Gasteiger partial charge < -0.3 is 10.5 Å². The molecule has 3 N–H and O–H groups in total. The van der Waals surface area contributed by atoms with Crippen molar-refractivity contribution in [3.63, 3.8) is 0 Å². The average Bonchev–Trinajstić information content (AvgIpc) is 2.37. The number of aromatic nitrogens is 4. The van der Waals surface area contributed by atoms with Crippen molar-refractivity contribution in [2.24, 2.45) is 0 Å². The van der Waals surface area contributed by atoms with Crippen LogP contribution in [0.4, 0.5) is 10.7 Å². The van der Waals surface area contributed by atoms with Crippen molar-refractivity contribution in [2.45, 2.75) is 0 Å². The highest BCUT2D eigenvalue weighted by Crippen LogP contribution is 1.86. The molecule has 0 saturated carbocycles. The summed E-state index contributed by atoms with van der Waals surface area (Å²) >= 11 is 0. The molecular weight excluding hydrogens is 152 g/mol. The molecule has 8 heteroatoms. The van der Waals surface area contributed by atoms with Crippen molar-refractivity contribution in [3.05, 3.63) is 0 Å². The molecule has 0 atom stereocenters. The van der Waals surface area contributed by atoms with Crippen LogP contribution in [0, 0.1) is 0 Å². The molecule has 0 radical (unpaired) electrons. The fraction of sp³-hybridized carbons (Fsp3) is 0.333. The lowest BCUT2D eigenvalue weighted by Gasteiger charge is -2.00. The minimum Gasteiger partial charge on any atom is -0.452 e. The molecule has 1 aromatic heterocycles. The molecule has 0 bridgehead atoms. The summed E-state index contributed by atoms with van der Waals surface area (Å²) in [5.74, 6) is -0.0181. The predicted molar refractivity (Wildman–Crippen MR) is 34.0 cm³/mol. The molecule has 0 saturated heterocycles. The quantitative estimate of drug-likeness (QED) is 0.518. The second kappa shape index (κ2) is 2.82. The number of nitrogens with two attached hydrogens (primary N) is 1. The largest absolute Gasteiger partial charge is 0.452 e. The van der Waals surface area contributed by atoms with Gasteiger partial charge in [0.15, 0.2) is 0 Å². The third-order valence-electron chi connectivity index (χ3n) is 0.876. The number of hydrogen-bond acceptors (Lipinski definition) is 6. The lowest BCUT2D eigenvalue weighted by molar-refractivity contribution is 0.182. The third kappa shape index (κ3) is 1.53. The number of amides is 1. The summed E-state index contributed by atoms with van der Waals surface area (Å²) in [6.45, 7) is 0. The van der Waals surface area contributed by atoms with Crippen LogP contribution in [-0.4, -0.2) is 33.5 Å². The highest BCUT2D eigenvalue weighted by atomic mass is 16.5. The highest BCUT2D eigenvalue weighted by molar-refractivity contribution is 5.75. The molecule has 0 aromatic carbocycles. The maximum atomic E-state index is 10.5. The average molecular weight is 158 g/mol. The Balaban J connectivity index is 2.64. The van der Waals surface area contributed by atoms with Gasteiger partial charge in [0.2, 0.25) is 0 Å². The number of nitrogen functional groups attached to an aromatic ring is 1. The first kappa shape index (κ1) is 7.25. The molecule has 0 aliphatic heterocycles. The molecule has 1 aromatic rings. The number of carbonyl (C=O) groups excluding carboxylic acids is 1.